The lowest BCUT2D eigenvalue weighted by Gasteiger charge is -2.24. The van der Waals surface area contributed by atoms with Gasteiger partial charge in [-0.2, -0.15) is 0 Å². The molecule has 2 heterocycles. The molecule has 0 spiro atoms. The molecule has 0 aliphatic carbocycles. The Balaban J connectivity index is 2.11. The Labute approximate surface area is 118 Å². The summed E-state index contributed by atoms with van der Waals surface area (Å²) >= 11 is 0. The molecule has 1 aliphatic heterocycles. The highest BCUT2D eigenvalue weighted by Gasteiger charge is 2.24. The summed E-state index contributed by atoms with van der Waals surface area (Å²) in [5, 5.41) is 0. The number of imidazole rings is 1. The lowest BCUT2D eigenvalue weighted by atomic mass is 10.2. The highest BCUT2D eigenvalue weighted by Crippen LogP contribution is 2.28. The fourth-order valence-corrected chi connectivity index (χ4v) is 2.70. The molecule has 1 aromatic carbocycles. The number of nitrogens with zero attached hydrogens (tertiary/aromatic N) is 2. The molecule has 3 rings (SSSR count). The summed E-state index contributed by atoms with van der Waals surface area (Å²) in [5.41, 5.74) is 8.91. The van der Waals surface area contributed by atoms with Crippen LogP contribution >= 0.6 is 0 Å². The maximum Gasteiger partial charge on any atom is 0.141 e. The number of rotatable bonds is 3. The van der Waals surface area contributed by atoms with E-state index in [1.807, 2.05) is 0 Å². The van der Waals surface area contributed by atoms with Crippen LogP contribution in [0.4, 0.5) is 0 Å². The van der Waals surface area contributed by atoms with Gasteiger partial charge in [0.1, 0.15) is 11.9 Å². The van der Waals surface area contributed by atoms with E-state index in [0.29, 0.717) is 32.4 Å². The first-order valence-electron chi connectivity index (χ1n) is 7.11. The number of aromatic nitrogens is 2. The zero-order chi connectivity index (χ0) is 14.1. The summed E-state index contributed by atoms with van der Waals surface area (Å²) in [4.78, 5) is 4.77. The van der Waals surface area contributed by atoms with Crippen LogP contribution in [0, 0.1) is 0 Å². The normalized spacial score (nSPS) is 19.9. The Morgan fingerprint density at radius 2 is 2.25 bits per heavy atom. The van der Waals surface area contributed by atoms with Crippen molar-refractivity contribution >= 4 is 11.0 Å². The Morgan fingerprint density at radius 3 is 2.90 bits per heavy atom. The SMILES string of the molecule is CC(C)n1c(C2COCCO2)nc2cc(CN)ccc21. The topological polar surface area (TPSA) is 62.3 Å². The van der Waals surface area contributed by atoms with Crippen molar-refractivity contribution in [3.63, 3.8) is 0 Å². The van der Waals surface area contributed by atoms with Crippen LogP contribution in [0.15, 0.2) is 18.2 Å². The van der Waals surface area contributed by atoms with Crippen molar-refractivity contribution in [3.05, 3.63) is 29.6 Å². The van der Waals surface area contributed by atoms with E-state index in [4.69, 9.17) is 20.2 Å². The molecule has 0 bridgehead atoms. The van der Waals surface area contributed by atoms with Crippen molar-refractivity contribution in [2.75, 3.05) is 19.8 Å². The van der Waals surface area contributed by atoms with Gasteiger partial charge in [0.05, 0.1) is 30.9 Å². The largest absolute Gasteiger partial charge is 0.376 e. The van der Waals surface area contributed by atoms with Crippen LogP contribution in [-0.4, -0.2) is 29.4 Å². The van der Waals surface area contributed by atoms with Crippen LogP contribution in [0.2, 0.25) is 0 Å². The second-order valence-corrected chi connectivity index (χ2v) is 5.40. The van der Waals surface area contributed by atoms with Crippen LogP contribution in [0.1, 0.15) is 37.4 Å². The molecule has 0 amide bonds. The summed E-state index contributed by atoms with van der Waals surface area (Å²) in [7, 11) is 0. The molecule has 108 valence electrons. The van der Waals surface area contributed by atoms with Gasteiger partial charge in [0, 0.05) is 12.6 Å². The van der Waals surface area contributed by atoms with E-state index in [1.165, 1.54) is 0 Å². The second kappa shape index (κ2) is 5.52. The molecule has 2 N–H and O–H groups in total. The van der Waals surface area contributed by atoms with Crippen molar-refractivity contribution in [3.8, 4) is 0 Å². The molecular formula is C15H21N3O2. The lowest BCUT2D eigenvalue weighted by Crippen LogP contribution is -2.25. The van der Waals surface area contributed by atoms with Gasteiger partial charge in [-0.1, -0.05) is 6.07 Å². The maximum absolute atomic E-state index is 5.81. The molecule has 1 atom stereocenters. The molecule has 0 radical (unpaired) electrons. The Hall–Kier alpha value is -1.43. The minimum Gasteiger partial charge on any atom is -0.376 e. The lowest BCUT2D eigenvalue weighted by molar-refractivity contribution is -0.0947. The molecule has 1 fully saturated rings. The van der Waals surface area contributed by atoms with Gasteiger partial charge in [0.2, 0.25) is 0 Å². The van der Waals surface area contributed by atoms with Crippen LogP contribution in [0.25, 0.3) is 11.0 Å². The number of hydrogen-bond donors (Lipinski definition) is 1. The second-order valence-electron chi connectivity index (χ2n) is 5.40. The average Bonchev–Trinajstić information content (AvgIpc) is 2.86. The number of hydrogen-bond acceptors (Lipinski definition) is 4. The van der Waals surface area contributed by atoms with E-state index in [-0.39, 0.29) is 6.10 Å². The molecule has 5 heteroatoms. The van der Waals surface area contributed by atoms with Crippen molar-refractivity contribution < 1.29 is 9.47 Å². The Bertz CT molecular complexity index is 600. The summed E-state index contributed by atoms with van der Waals surface area (Å²) in [6, 6.07) is 6.54. The molecular weight excluding hydrogens is 254 g/mol. The number of benzene rings is 1. The first-order chi connectivity index (χ1) is 9.70. The fourth-order valence-electron chi connectivity index (χ4n) is 2.70. The van der Waals surface area contributed by atoms with Gasteiger partial charge >= 0.3 is 0 Å². The summed E-state index contributed by atoms with van der Waals surface area (Å²) < 4.78 is 13.6. The first kappa shape index (κ1) is 13.5. The first-order valence-corrected chi connectivity index (χ1v) is 7.11. The molecule has 0 saturated carbocycles. The van der Waals surface area contributed by atoms with Gasteiger partial charge < -0.3 is 19.8 Å². The zero-order valence-electron chi connectivity index (χ0n) is 12.0. The minimum atomic E-state index is -0.0834. The van der Waals surface area contributed by atoms with Gasteiger partial charge in [0.25, 0.3) is 0 Å². The van der Waals surface area contributed by atoms with Crippen molar-refractivity contribution in [2.24, 2.45) is 5.73 Å². The van der Waals surface area contributed by atoms with Gasteiger partial charge in [-0.15, -0.1) is 0 Å². The average molecular weight is 275 g/mol. The van der Waals surface area contributed by atoms with Crippen LogP contribution in [-0.2, 0) is 16.0 Å². The smallest absolute Gasteiger partial charge is 0.141 e. The predicted octanol–water partition coefficient (Wildman–Crippen LogP) is 2.16. The number of ether oxygens (including phenoxy) is 2. The minimum absolute atomic E-state index is 0.0834. The summed E-state index contributed by atoms with van der Waals surface area (Å²) in [6.45, 7) is 6.70. The highest BCUT2D eigenvalue weighted by atomic mass is 16.6. The molecule has 1 aliphatic rings. The Morgan fingerprint density at radius 1 is 1.40 bits per heavy atom. The molecule has 2 aromatic rings. The van der Waals surface area contributed by atoms with Crippen molar-refractivity contribution in [1.82, 2.24) is 9.55 Å². The van der Waals surface area contributed by atoms with Crippen LogP contribution < -0.4 is 5.73 Å². The van der Waals surface area contributed by atoms with E-state index in [9.17, 15) is 0 Å². The third-order valence-corrected chi connectivity index (χ3v) is 3.64. The van der Waals surface area contributed by atoms with E-state index in [2.05, 4.69) is 36.6 Å². The predicted molar refractivity (Wildman–Crippen MR) is 77.5 cm³/mol. The van der Waals surface area contributed by atoms with Crippen LogP contribution in [0.5, 0.6) is 0 Å². The third-order valence-electron chi connectivity index (χ3n) is 3.64. The van der Waals surface area contributed by atoms with E-state index in [0.717, 1.165) is 22.4 Å². The van der Waals surface area contributed by atoms with Crippen LogP contribution in [0.3, 0.4) is 0 Å². The monoisotopic (exact) mass is 275 g/mol. The Kier molecular flexibility index (Phi) is 3.74. The zero-order valence-corrected chi connectivity index (χ0v) is 12.0. The van der Waals surface area contributed by atoms with Gasteiger partial charge in [-0.05, 0) is 31.5 Å². The fraction of sp³-hybridized carbons (Fsp3) is 0.533. The summed E-state index contributed by atoms with van der Waals surface area (Å²) in [5.74, 6) is 0.948. The van der Waals surface area contributed by atoms with Crippen molar-refractivity contribution in [1.29, 1.82) is 0 Å². The maximum atomic E-state index is 5.81. The van der Waals surface area contributed by atoms with E-state index in [1.54, 1.807) is 0 Å². The number of fused-ring (bicyclic) bond motifs is 1. The molecule has 1 saturated heterocycles. The molecule has 5 nitrogen and oxygen atoms in total. The van der Waals surface area contributed by atoms with Gasteiger partial charge in [-0.25, -0.2) is 4.98 Å². The van der Waals surface area contributed by atoms with Gasteiger partial charge in [0.15, 0.2) is 0 Å². The third kappa shape index (κ3) is 2.32. The number of nitrogens with two attached hydrogens (primary N) is 1. The molecule has 1 aromatic heterocycles. The molecule has 1 unspecified atom stereocenters. The van der Waals surface area contributed by atoms with Crippen molar-refractivity contribution in [2.45, 2.75) is 32.5 Å². The van der Waals surface area contributed by atoms with Gasteiger partial charge in [-0.3, -0.25) is 0 Å². The standard InChI is InChI=1S/C15H21N3O2/c1-10(2)18-13-4-3-11(8-16)7-12(13)17-15(18)14-9-19-5-6-20-14/h3-4,7,10,14H,5-6,8-9,16H2,1-2H3. The van der Waals surface area contributed by atoms with E-state index >= 15 is 0 Å². The quantitative estimate of drug-likeness (QED) is 0.932. The highest BCUT2D eigenvalue weighted by molar-refractivity contribution is 5.77. The summed E-state index contributed by atoms with van der Waals surface area (Å²) in [6.07, 6.45) is -0.0834. The van der Waals surface area contributed by atoms with E-state index < -0.39 is 0 Å². The molecule has 20 heavy (non-hydrogen) atoms.